The summed E-state index contributed by atoms with van der Waals surface area (Å²) in [6.45, 7) is 0. The maximum Gasteiger partial charge on any atom is 0.311 e. The van der Waals surface area contributed by atoms with E-state index in [1.807, 2.05) is 6.07 Å². The van der Waals surface area contributed by atoms with Crippen molar-refractivity contribution in [3.63, 3.8) is 0 Å². The first kappa shape index (κ1) is 14.8. The Bertz CT molecular complexity index is 740. The highest BCUT2D eigenvalue weighted by Gasteiger charge is 2.18. The van der Waals surface area contributed by atoms with Crippen molar-refractivity contribution in [1.29, 1.82) is 5.26 Å². The summed E-state index contributed by atoms with van der Waals surface area (Å²) in [4.78, 5) is 10.5. The van der Waals surface area contributed by atoms with Crippen molar-refractivity contribution in [2.45, 2.75) is 0 Å². The zero-order chi connectivity index (χ0) is 15.4. The standard InChI is InChI=1S/C14H9BrN2O4/c1-20-11-3-4-12(17(18)19)14(7-11)21-13-5-2-10(15)6-9(13)8-16/h2-7H,1H3. The van der Waals surface area contributed by atoms with Gasteiger partial charge in [0, 0.05) is 16.6 Å². The number of nitro groups is 1. The summed E-state index contributed by atoms with van der Waals surface area (Å²) in [6, 6.07) is 11.0. The summed E-state index contributed by atoms with van der Waals surface area (Å²) in [5.74, 6) is 0.668. The number of halogens is 1. The van der Waals surface area contributed by atoms with Gasteiger partial charge in [0.25, 0.3) is 0 Å². The van der Waals surface area contributed by atoms with E-state index in [4.69, 9.17) is 14.7 Å². The molecule has 2 rings (SSSR count). The molecule has 0 aliphatic carbocycles. The summed E-state index contributed by atoms with van der Waals surface area (Å²) >= 11 is 3.25. The van der Waals surface area contributed by atoms with E-state index in [9.17, 15) is 10.1 Å². The molecule has 6 nitrogen and oxygen atoms in total. The molecule has 0 amide bonds. The lowest BCUT2D eigenvalue weighted by atomic mass is 10.2. The number of nitriles is 1. The molecule has 0 unspecified atom stereocenters. The molecule has 21 heavy (non-hydrogen) atoms. The Balaban J connectivity index is 2.48. The fourth-order valence-corrected chi connectivity index (χ4v) is 2.01. The molecule has 0 fully saturated rings. The molecule has 0 saturated carbocycles. The Hall–Kier alpha value is -2.59. The molecule has 0 bridgehead atoms. The van der Waals surface area contributed by atoms with Crippen LogP contribution >= 0.6 is 15.9 Å². The molecular weight excluding hydrogens is 340 g/mol. The van der Waals surface area contributed by atoms with Crippen molar-refractivity contribution in [3.8, 4) is 23.3 Å². The minimum Gasteiger partial charge on any atom is -0.497 e. The van der Waals surface area contributed by atoms with Crippen LogP contribution in [0.25, 0.3) is 0 Å². The van der Waals surface area contributed by atoms with E-state index >= 15 is 0 Å². The Kier molecular flexibility index (Phi) is 4.40. The molecule has 0 N–H and O–H groups in total. The number of ether oxygens (including phenoxy) is 2. The van der Waals surface area contributed by atoms with E-state index in [1.165, 1.54) is 25.3 Å². The lowest BCUT2D eigenvalue weighted by molar-refractivity contribution is -0.385. The third kappa shape index (κ3) is 3.30. The number of nitro benzene ring substituents is 1. The van der Waals surface area contributed by atoms with Crippen LogP contribution < -0.4 is 9.47 Å². The highest BCUT2D eigenvalue weighted by atomic mass is 79.9. The smallest absolute Gasteiger partial charge is 0.311 e. The number of methoxy groups -OCH3 is 1. The van der Waals surface area contributed by atoms with Crippen LogP contribution in [0.2, 0.25) is 0 Å². The van der Waals surface area contributed by atoms with Gasteiger partial charge >= 0.3 is 5.69 Å². The molecule has 2 aromatic carbocycles. The number of nitrogens with zero attached hydrogens (tertiary/aromatic N) is 2. The topological polar surface area (TPSA) is 85.4 Å². The Labute approximate surface area is 128 Å². The second kappa shape index (κ2) is 6.24. The van der Waals surface area contributed by atoms with E-state index in [-0.39, 0.29) is 22.7 Å². The molecule has 0 heterocycles. The third-order valence-electron chi connectivity index (χ3n) is 2.65. The van der Waals surface area contributed by atoms with Crippen molar-refractivity contribution in [2.75, 3.05) is 7.11 Å². The van der Waals surface area contributed by atoms with Crippen LogP contribution in [0.4, 0.5) is 5.69 Å². The number of hydrogen-bond donors (Lipinski definition) is 0. The largest absolute Gasteiger partial charge is 0.497 e. The zero-order valence-electron chi connectivity index (χ0n) is 10.9. The van der Waals surface area contributed by atoms with Crippen LogP contribution in [0, 0.1) is 21.4 Å². The number of benzene rings is 2. The average Bonchev–Trinajstić information content (AvgIpc) is 2.48. The van der Waals surface area contributed by atoms with Crippen LogP contribution in [-0.2, 0) is 0 Å². The molecule has 106 valence electrons. The predicted molar refractivity (Wildman–Crippen MR) is 78.6 cm³/mol. The molecule has 0 saturated heterocycles. The summed E-state index contributed by atoms with van der Waals surface area (Å²) < 4.78 is 11.3. The molecule has 0 radical (unpaired) electrons. The molecule has 0 aliphatic rings. The van der Waals surface area contributed by atoms with E-state index in [2.05, 4.69) is 15.9 Å². The SMILES string of the molecule is COc1ccc([N+](=O)[O-])c(Oc2ccc(Br)cc2C#N)c1. The maximum absolute atomic E-state index is 11.0. The van der Waals surface area contributed by atoms with Crippen LogP contribution in [0.15, 0.2) is 40.9 Å². The fourth-order valence-electron chi connectivity index (χ4n) is 1.65. The maximum atomic E-state index is 11.0. The van der Waals surface area contributed by atoms with Gasteiger partial charge in [-0.25, -0.2) is 0 Å². The van der Waals surface area contributed by atoms with Gasteiger partial charge in [0.1, 0.15) is 17.6 Å². The van der Waals surface area contributed by atoms with Crippen LogP contribution in [-0.4, -0.2) is 12.0 Å². The minimum atomic E-state index is -0.556. The van der Waals surface area contributed by atoms with Gasteiger partial charge in [-0.3, -0.25) is 10.1 Å². The Morgan fingerprint density at radius 3 is 2.62 bits per heavy atom. The first-order chi connectivity index (χ1) is 10.0. The highest BCUT2D eigenvalue weighted by molar-refractivity contribution is 9.10. The van der Waals surface area contributed by atoms with Gasteiger partial charge in [-0.15, -0.1) is 0 Å². The van der Waals surface area contributed by atoms with Crippen LogP contribution in [0.5, 0.6) is 17.2 Å². The van der Waals surface area contributed by atoms with Crippen LogP contribution in [0.1, 0.15) is 5.56 Å². The van der Waals surface area contributed by atoms with E-state index < -0.39 is 4.92 Å². The molecular formula is C14H9BrN2O4. The predicted octanol–water partition coefficient (Wildman–Crippen LogP) is 4.03. The van der Waals surface area contributed by atoms with Gasteiger partial charge in [-0.05, 0) is 24.3 Å². The van der Waals surface area contributed by atoms with Crippen molar-refractivity contribution >= 4 is 21.6 Å². The number of hydrogen-bond acceptors (Lipinski definition) is 5. The third-order valence-corrected chi connectivity index (χ3v) is 3.14. The fraction of sp³-hybridized carbons (Fsp3) is 0.0714. The molecule has 0 spiro atoms. The number of rotatable bonds is 4. The Morgan fingerprint density at radius 2 is 2.00 bits per heavy atom. The van der Waals surface area contributed by atoms with Crippen molar-refractivity contribution < 1.29 is 14.4 Å². The average molecular weight is 349 g/mol. The lowest BCUT2D eigenvalue weighted by Gasteiger charge is -2.09. The summed E-state index contributed by atoms with van der Waals surface area (Å²) in [5.41, 5.74) is 0.0594. The summed E-state index contributed by atoms with van der Waals surface area (Å²) in [7, 11) is 1.45. The highest BCUT2D eigenvalue weighted by Crippen LogP contribution is 2.36. The molecule has 0 atom stereocenters. The molecule has 0 aromatic heterocycles. The van der Waals surface area contributed by atoms with Gasteiger partial charge in [-0.1, -0.05) is 15.9 Å². The second-order valence-corrected chi connectivity index (χ2v) is 4.86. The summed E-state index contributed by atoms with van der Waals surface area (Å²) in [6.07, 6.45) is 0. The zero-order valence-corrected chi connectivity index (χ0v) is 12.5. The van der Waals surface area contributed by atoms with E-state index in [0.29, 0.717) is 10.2 Å². The quantitative estimate of drug-likeness (QED) is 0.614. The minimum absolute atomic E-state index is 0.0122. The van der Waals surface area contributed by atoms with E-state index in [0.717, 1.165) is 0 Å². The van der Waals surface area contributed by atoms with Crippen LogP contribution in [0.3, 0.4) is 0 Å². The van der Waals surface area contributed by atoms with Gasteiger partial charge < -0.3 is 9.47 Å². The van der Waals surface area contributed by atoms with Gasteiger partial charge in [0.05, 0.1) is 17.6 Å². The van der Waals surface area contributed by atoms with Gasteiger partial charge in [0.15, 0.2) is 0 Å². The van der Waals surface area contributed by atoms with Gasteiger partial charge in [0.2, 0.25) is 5.75 Å². The lowest BCUT2D eigenvalue weighted by Crippen LogP contribution is -1.96. The first-order valence-electron chi connectivity index (χ1n) is 5.75. The summed E-state index contributed by atoms with van der Waals surface area (Å²) in [5, 5.41) is 20.1. The Morgan fingerprint density at radius 1 is 1.24 bits per heavy atom. The monoisotopic (exact) mass is 348 g/mol. The first-order valence-corrected chi connectivity index (χ1v) is 6.54. The van der Waals surface area contributed by atoms with E-state index in [1.54, 1.807) is 18.2 Å². The van der Waals surface area contributed by atoms with Crippen molar-refractivity contribution in [2.24, 2.45) is 0 Å². The molecule has 0 aliphatic heterocycles. The molecule has 7 heteroatoms. The molecule has 2 aromatic rings. The van der Waals surface area contributed by atoms with Crippen molar-refractivity contribution in [3.05, 3.63) is 56.5 Å². The second-order valence-electron chi connectivity index (χ2n) is 3.95. The van der Waals surface area contributed by atoms with Crippen molar-refractivity contribution in [1.82, 2.24) is 0 Å². The normalized spacial score (nSPS) is 9.76. The van der Waals surface area contributed by atoms with Gasteiger partial charge in [-0.2, -0.15) is 5.26 Å².